The van der Waals surface area contributed by atoms with Crippen LogP contribution in [0.5, 0.6) is 0 Å². The molecule has 0 aromatic carbocycles. The summed E-state index contributed by atoms with van der Waals surface area (Å²) < 4.78 is 34.2. The van der Waals surface area contributed by atoms with Gasteiger partial charge in [-0.15, -0.1) is 0 Å². The zero-order chi connectivity index (χ0) is 10.3. The first-order valence-electron chi connectivity index (χ1n) is 3.32. The Bertz CT molecular complexity index is 550. The molecule has 2 aliphatic rings. The van der Waals surface area contributed by atoms with Crippen molar-refractivity contribution in [2.24, 2.45) is 0 Å². The molecule has 0 saturated heterocycles. The van der Waals surface area contributed by atoms with Gasteiger partial charge in [-0.25, -0.2) is 15.0 Å². The van der Waals surface area contributed by atoms with Gasteiger partial charge in [-0.2, -0.15) is 13.1 Å². The quantitative estimate of drug-likeness (QED) is 0.400. The Hall–Kier alpha value is -1.77. The number of nitrogens with zero attached hydrogens (tertiary/aromatic N) is 4. The van der Waals surface area contributed by atoms with Gasteiger partial charge in [0.05, 0.1) is 0 Å². The molecule has 0 radical (unpaired) electrons. The number of imidazole rings is 1. The molecule has 2 heterocycles. The monoisotopic (exact) mass is 218 g/mol. The first kappa shape index (κ1) is 8.81. The molecule has 0 spiro atoms. The highest BCUT2D eigenvalue weighted by molar-refractivity contribution is 7.86. The van der Waals surface area contributed by atoms with Gasteiger partial charge in [0.2, 0.25) is 5.03 Å². The van der Waals surface area contributed by atoms with Gasteiger partial charge in [-0.05, 0) is 0 Å². The van der Waals surface area contributed by atoms with Crippen molar-refractivity contribution in [1.29, 1.82) is 0 Å². The lowest BCUT2D eigenvalue weighted by atomic mass is 10.4. The molecular weight excluding hydrogens is 215 g/mol. The zero-order valence-electron chi connectivity index (χ0n) is 6.49. The number of halogens is 1. The van der Waals surface area contributed by atoms with Gasteiger partial charge < -0.3 is 5.21 Å². The van der Waals surface area contributed by atoms with Crippen molar-refractivity contribution in [3.63, 3.8) is 0 Å². The lowest BCUT2D eigenvalue weighted by Gasteiger charge is -2.03. The van der Waals surface area contributed by atoms with Crippen LogP contribution in [0.3, 0.4) is 0 Å². The van der Waals surface area contributed by atoms with Crippen LogP contribution in [0, 0.1) is 0 Å². The van der Waals surface area contributed by atoms with Gasteiger partial charge in [-0.1, -0.05) is 3.89 Å². The molecule has 7 nitrogen and oxygen atoms in total. The summed E-state index contributed by atoms with van der Waals surface area (Å²) in [6.45, 7) is 0. The van der Waals surface area contributed by atoms with E-state index in [9.17, 15) is 12.3 Å². The number of aromatic nitrogens is 4. The van der Waals surface area contributed by atoms with Crippen LogP contribution in [0.25, 0.3) is 11.5 Å². The minimum Gasteiger partial charge on any atom is -0.425 e. The molecule has 2 aliphatic heterocycles. The van der Waals surface area contributed by atoms with E-state index < -0.39 is 15.2 Å². The van der Waals surface area contributed by atoms with Gasteiger partial charge in [0.15, 0.2) is 11.5 Å². The summed E-state index contributed by atoms with van der Waals surface area (Å²) in [5.74, 6) is -0.170. The maximum atomic E-state index is 12.6. The predicted octanol–water partition coefficient (Wildman–Crippen LogP) is -0.327. The SMILES string of the molecule is O=S(=O)(F)c1ncn(O)c2ncnc1-2. The van der Waals surface area contributed by atoms with Crippen molar-refractivity contribution in [2.45, 2.75) is 5.03 Å². The molecule has 0 unspecified atom stereocenters. The average Bonchev–Trinajstić information content (AvgIpc) is 2.50. The highest BCUT2D eigenvalue weighted by Gasteiger charge is 2.26. The average molecular weight is 218 g/mol. The number of hydrogen-bond acceptors (Lipinski definition) is 6. The van der Waals surface area contributed by atoms with Crippen molar-refractivity contribution in [3.8, 4) is 11.5 Å². The van der Waals surface area contributed by atoms with Gasteiger partial charge in [0, 0.05) is 0 Å². The van der Waals surface area contributed by atoms with Crippen molar-refractivity contribution in [3.05, 3.63) is 12.7 Å². The molecule has 0 bridgehead atoms. The van der Waals surface area contributed by atoms with E-state index in [1.165, 1.54) is 0 Å². The first-order chi connectivity index (χ1) is 6.50. The Morgan fingerprint density at radius 1 is 1.36 bits per heavy atom. The Kier molecular flexibility index (Phi) is 1.64. The zero-order valence-corrected chi connectivity index (χ0v) is 7.31. The third kappa shape index (κ3) is 1.18. The van der Waals surface area contributed by atoms with Crippen LogP contribution in [0.1, 0.15) is 0 Å². The second kappa shape index (κ2) is 2.61. The molecule has 1 N–H and O–H groups in total. The summed E-state index contributed by atoms with van der Waals surface area (Å²) in [6, 6.07) is 0. The van der Waals surface area contributed by atoms with Crippen molar-refractivity contribution < 1.29 is 17.5 Å². The van der Waals surface area contributed by atoms with Crippen molar-refractivity contribution in [2.75, 3.05) is 0 Å². The fourth-order valence-electron chi connectivity index (χ4n) is 0.980. The topological polar surface area (TPSA) is 98.0 Å². The van der Waals surface area contributed by atoms with E-state index in [1.807, 2.05) is 0 Å². The van der Waals surface area contributed by atoms with Gasteiger partial charge in [0.1, 0.15) is 12.7 Å². The summed E-state index contributed by atoms with van der Waals surface area (Å²) in [5, 5.41) is 8.23. The summed E-state index contributed by atoms with van der Waals surface area (Å²) >= 11 is 0. The van der Waals surface area contributed by atoms with Crippen LogP contribution in [-0.4, -0.2) is 33.3 Å². The van der Waals surface area contributed by atoms with Gasteiger partial charge >= 0.3 is 10.2 Å². The van der Waals surface area contributed by atoms with Gasteiger partial charge in [-0.3, -0.25) is 0 Å². The van der Waals surface area contributed by atoms with Crippen LogP contribution in [0.2, 0.25) is 0 Å². The Labute approximate surface area is 77.4 Å². The molecule has 0 saturated carbocycles. The summed E-state index contributed by atoms with van der Waals surface area (Å²) in [6.07, 6.45) is 1.72. The maximum absolute atomic E-state index is 12.6. The van der Waals surface area contributed by atoms with Gasteiger partial charge in [0.25, 0.3) is 0 Å². The first-order valence-corrected chi connectivity index (χ1v) is 4.70. The van der Waals surface area contributed by atoms with E-state index in [1.54, 1.807) is 0 Å². The third-order valence-corrected chi connectivity index (χ3v) is 2.27. The van der Waals surface area contributed by atoms with E-state index in [0.717, 1.165) is 12.7 Å². The fraction of sp³-hybridized carbons (Fsp3) is 0. The normalized spacial score (nSPS) is 12.1. The van der Waals surface area contributed by atoms with Crippen molar-refractivity contribution >= 4 is 10.2 Å². The predicted molar refractivity (Wildman–Crippen MR) is 39.9 cm³/mol. The summed E-state index contributed by atoms with van der Waals surface area (Å²) in [5.41, 5.74) is -0.308. The third-order valence-electron chi connectivity index (χ3n) is 1.51. The smallest absolute Gasteiger partial charge is 0.352 e. The number of fused-ring (bicyclic) bond motifs is 1. The molecule has 2 rings (SSSR count). The van der Waals surface area contributed by atoms with Crippen LogP contribution in [0.15, 0.2) is 17.7 Å². The number of hydrogen-bond donors (Lipinski definition) is 1. The van der Waals surface area contributed by atoms with E-state index >= 15 is 0 Å². The second-order valence-corrected chi connectivity index (χ2v) is 3.64. The molecular formula is C5H3FN4O3S. The Morgan fingerprint density at radius 2 is 2.07 bits per heavy atom. The molecule has 74 valence electrons. The highest BCUT2D eigenvalue weighted by Crippen LogP contribution is 2.23. The fourth-order valence-corrected chi connectivity index (χ4v) is 1.53. The Morgan fingerprint density at radius 3 is 2.71 bits per heavy atom. The van der Waals surface area contributed by atoms with E-state index in [2.05, 4.69) is 15.0 Å². The molecule has 14 heavy (non-hydrogen) atoms. The number of rotatable bonds is 1. The largest absolute Gasteiger partial charge is 0.425 e. The molecule has 0 amide bonds. The summed E-state index contributed by atoms with van der Waals surface area (Å²) in [7, 11) is -4.95. The van der Waals surface area contributed by atoms with Crippen LogP contribution in [0.4, 0.5) is 3.89 Å². The molecule has 0 aromatic heterocycles. The molecule has 9 heteroatoms. The second-order valence-electron chi connectivity index (χ2n) is 2.38. The lowest BCUT2D eigenvalue weighted by Crippen LogP contribution is -2.07. The minimum atomic E-state index is -4.95. The van der Waals surface area contributed by atoms with E-state index in [-0.39, 0.29) is 11.5 Å². The minimum absolute atomic E-state index is 0.170. The van der Waals surface area contributed by atoms with Crippen LogP contribution < -0.4 is 0 Å². The highest BCUT2D eigenvalue weighted by atomic mass is 32.3. The van der Waals surface area contributed by atoms with Crippen LogP contribution in [-0.2, 0) is 10.2 Å². The molecule has 0 aromatic rings. The molecule has 0 atom stereocenters. The molecule has 0 aliphatic carbocycles. The van der Waals surface area contributed by atoms with Crippen LogP contribution >= 0.6 is 0 Å². The van der Waals surface area contributed by atoms with E-state index in [4.69, 9.17) is 5.21 Å². The lowest BCUT2D eigenvalue weighted by molar-refractivity contribution is 0.181. The van der Waals surface area contributed by atoms with E-state index in [0.29, 0.717) is 4.73 Å². The summed E-state index contributed by atoms with van der Waals surface area (Å²) in [4.78, 5) is 10.2. The standard InChI is InChI=1S/C5H3FN4O3S/c6-14(12,13)5-3-4(8-1-7-3)10(11)2-9-5/h1-2,11H. The molecule has 0 fully saturated rings. The van der Waals surface area contributed by atoms with Crippen molar-refractivity contribution in [1.82, 2.24) is 19.7 Å². The maximum Gasteiger partial charge on any atom is 0.352 e. The Balaban J connectivity index is 2.83.